The summed E-state index contributed by atoms with van der Waals surface area (Å²) in [5.74, 6) is -0.0409. The molecule has 20 heavy (non-hydrogen) atoms. The van der Waals surface area contributed by atoms with Gasteiger partial charge in [0.1, 0.15) is 5.15 Å². The van der Waals surface area contributed by atoms with Crippen LogP contribution in [0, 0.1) is 0 Å². The van der Waals surface area contributed by atoms with E-state index in [1.165, 1.54) is 0 Å². The number of aromatic nitrogens is 1. The van der Waals surface area contributed by atoms with Crippen molar-refractivity contribution in [3.63, 3.8) is 0 Å². The first kappa shape index (κ1) is 13.3. The van der Waals surface area contributed by atoms with Crippen molar-refractivity contribution in [2.75, 3.05) is 20.3 Å². The second-order valence-electron chi connectivity index (χ2n) is 4.94. The molecule has 1 unspecified atom stereocenters. The topological polar surface area (TPSA) is 42.4 Å². The van der Waals surface area contributed by atoms with Gasteiger partial charge in [-0.25, -0.2) is 4.98 Å². The standard InChI is InChI=1S/C15H15ClN2O2/c1-18(10-6-7-20-9-10)15(19)13-8-17-14(16)12-5-3-2-4-11(12)13/h2-5,8,10H,6-7,9H2,1H3. The largest absolute Gasteiger partial charge is 0.379 e. The Morgan fingerprint density at radius 3 is 2.85 bits per heavy atom. The van der Waals surface area contributed by atoms with Crippen molar-refractivity contribution in [1.82, 2.24) is 9.88 Å². The Morgan fingerprint density at radius 2 is 2.15 bits per heavy atom. The highest BCUT2D eigenvalue weighted by molar-refractivity contribution is 6.34. The molecule has 0 aliphatic carbocycles. The van der Waals surface area contributed by atoms with Gasteiger partial charge in [0.15, 0.2) is 0 Å². The Morgan fingerprint density at radius 1 is 1.40 bits per heavy atom. The van der Waals surface area contributed by atoms with Crippen LogP contribution in [0.15, 0.2) is 30.5 Å². The minimum absolute atomic E-state index is 0.0409. The number of rotatable bonds is 2. The highest BCUT2D eigenvalue weighted by Crippen LogP contribution is 2.25. The first-order valence-electron chi connectivity index (χ1n) is 6.56. The van der Waals surface area contributed by atoms with Crippen molar-refractivity contribution >= 4 is 28.3 Å². The molecule has 3 rings (SSSR count). The Labute approximate surface area is 122 Å². The zero-order chi connectivity index (χ0) is 14.1. The van der Waals surface area contributed by atoms with Crippen LogP contribution < -0.4 is 0 Å². The number of pyridine rings is 1. The van der Waals surface area contributed by atoms with E-state index in [9.17, 15) is 4.79 Å². The second-order valence-corrected chi connectivity index (χ2v) is 5.30. The van der Waals surface area contributed by atoms with E-state index in [1.54, 1.807) is 11.1 Å². The van der Waals surface area contributed by atoms with Crippen molar-refractivity contribution in [3.05, 3.63) is 41.2 Å². The smallest absolute Gasteiger partial charge is 0.256 e. The van der Waals surface area contributed by atoms with Gasteiger partial charge in [-0.3, -0.25) is 4.79 Å². The predicted octanol–water partition coefficient (Wildman–Crippen LogP) is 2.75. The fourth-order valence-corrected chi connectivity index (χ4v) is 2.73. The molecule has 1 amide bonds. The first-order valence-corrected chi connectivity index (χ1v) is 6.94. The minimum Gasteiger partial charge on any atom is -0.379 e. The van der Waals surface area contributed by atoms with Gasteiger partial charge in [0.25, 0.3) is 5.91 Å². The Bertz CT molecular complexity index is 653. The van der Waals surface area contributed by atoms with Crippen LogP contribution in [0.2, 0.25) is 5.15 Å². The van der Waals surface area contributed by atoms with Gasteiger partial charge in [-0.15, -0.1) is 0 Å². The fraction of sp³-hybridized carbons (Fsp3) is 0.333. The van der Waals surface area contributed by atoms with Crippen LogP contribution in [0.1, 0.15) is 16.8 Å². The lowest BCUT2D eigenvalue weighted by atomic mass is 10.1. The molecular formula is C15H15ClN2O2. The summed E-state index contributed by atoms with van der Waals surface area (Å²) >= 11 is 6.08. The molecule has 1 aliphatic heterocycles. The van der Waals surface area contributed by atoms with Crippen LogP contribution in [0.3, 0.4) is 0 Å². The molecule has 1 aliphatic rings. The van der Waals surface area contributed by atoms with Crippen LogP contribution in [-0.2, 0) is 4.74 Å². The summed E-state index contributed by atoms with van der Waals surface area (Å²) in [7, 11) is 1.81. The van der Waals surface area contributed by atoms with Gasteiger partial charge in [-0.05, 0) is 11.8 Å². The average Bonchev–Trinajstić information content (AvgIpc) is 3.01. The monoisotopic (exact) mass is 290 g/mol. The van der Waals surface area contributed by atoms with Crippen molar-refractivity contribution in [1.29, 1.82) is 0 Å². The molecule has 104 valence electrons. The number of carbonyl (C=O) groups is 1. The third kappa shape index (κ3) is 2.25. The maximum Gasteiger partial charge on any atom is 0.256 e. The summed E-state index contributed by atoms with van der Waals surface area (Å²) in [6.45, 7) is 1.31. The van der Waals surface area contributed by atoms with Crippen LogP contribution in [-0.4, -0.2) is 42.1 Å². The van der Waals surface area contributed by atoms with E-state index in [2.05, 4.69) is 4.98 Å². The average molecular weight is 291 g/mol. The van der Waals surface area contributed by atoms with Gasteiger partial charge >= 0.3 is 0 Å². The van der Waals surface area contributed by atoms with Gasteiger partial charge in [0, 0.05) is 25.2 Å². The lowest BCUT2D eigenvalue weighted by Gasteiger charge is -2.23. The van der Waals surface area contributed by atoms with Crippen molar-refractivity contribution in [2.24, 2.45) is 0 Å². The fourth-order valence-electron chi connectivity index (χ4n) is 2.51. The number of amides is 1. The van der Waals surface area contributed by atoms with E-state index in [4.69, 9.17) is 16.3 Å². The summed E-state index contributed by atoms with van der Waals surface area (Å²) in [6.07, 6.45) is 2.43. The number of likely N-dealkylation sites (N-methyl/N-ethyl adjacent to an activating group) is 1. The first-order chi connectivity index (χ1) is 9.68. The van der Waals surface area contributed by atoms with E-state index in [0.29, 0.717) is 23.9 Å². The summed E-state index contributed by atoms with van der Waals surface area (Å²) in [4.78, 5) is 18.5. The number of halogens is 1. The highest BCUT2D eigenvalue weighted by atomic mass is 35.5. The molecule has 1 aromatic carbocycles. The van der Waals surface area contributed by atoms with E-state index in [1.807, 2.05) is 31.3 Å². The number of fused-ring (bicyclic) bond motifs is 1. The van der Waals surface area contributed by atoms with E-state index >= 15 is 0 Å². The maximum atomic E-state index is 12.6. The molecule has 0 N–H and O–H groups in total. The van der Waals surface area contributed by atoms with E-state index in [-0.39, 0.29) is 11.9 Å². The molecule has 4 nitrogen and oxygen atoms in total. The zero-order valence-electron chi connectivity index (χ0n) is 11.2. The third-order valence-electron chi connectivity index (χ3n) is 3.75. The zero-order valence-corrected chi connectivity index (χ0v) is 11.9. The van der Waals surface area contributed by atoms with Crippen molar-refractivity contribution in [2.45, 2.75) is 12.5 Å². The summed E-state index contributed by atoms with van der Waals surface area (Å²) in [5, 5.41) is 2.06. The van der Waals surface area contributed by atoms with Gasteiger partial charge in [-0.1, -0.05) is 35.9 Å². The Hall–Kier alpha value is -1.65. The molecule has 2 aromatic rings. The van der Waals surface area contributed by atoms with E-state index in [0.717, 1.165) is 17.2 Å². The second kappa shape index (κ2) is 5.38. The van der Waals surface area contributed by atoms with Gasteiger partial charge in [-0.2, -0.15) is 0 Å². The van der Waals surface area contributed by atoms with Gasteiger partial charge in [0.2, 0.25) is 0 Å². The normalized spacial score (nSPS) is 18.4. The summed E-state index contributed by atoms with van der Waals surface area (Å²) < 4.78 is 5.34. The number of ether oxygens (including phenoxy) is 1. The van der Waals surface area contributed by atoms with Crippen LogP contribution in [0.5, 0.6) is 0 Å². The minimum atomic E-state index is -0.0409. The number of benzene rings is 1. The molecule has 0 spiro atoms. The summed E-state index contributed by atoms with van der Waals surface area (Å²) in [6, 6.07) is 7.69. The number of nitrogens with zero attached hydrogens (tertiary/aromatic N) is 2. The molecular weight excluding hydrogens is 276 g/mol. The molecule has 0 radical (unpaired) electrons. The van der Waals surface area contributed by atoms with Crippen molar-refractivity contribution < 1.29 is 9.53 Å². The lowest BCUT2D eigenvalue weighted by Crippen LogP contribution is -2.37. The predicted molar refractivity (Wildman–Crippen MR) is 78.1 cm³/mol. The molecule has 1 fully saturated rings. The molecule has 0 saturated carbocycles. The SMILES string of the molecule is CN(C(=O)c1cnc(Cl)c2ccccc12)C1CCOC1. The Kier molecular flexibility index (Phi) is 3.59. The molecule has 2 heterocycles. The number of hydrogen-bond acceptors (Lipinski definition) is 3. The molecule has 0 bridgehead atoms. The maximum absolute atomic E-state index is 12.6. The van der Waals surface area contributed by atoms with Gasteiger partial charge in [0.05, 0.1) is 18.2 Å². The lowest BCUT2D eigenvalue weighted by molar-refractivity contribution is 0.0713. The third-order valence-corrected chi connectivity index (χ3v) is 4.05. The Balaban J connectivity index is 2.01. The highest BCUT2D eigenvalue weighted by Gasteiger charge is 2.26. The van der Waals surface area contributed by atoms with Crippen molar-refractivity contribution in [3.8, 4) is 0 Å². The number of hydrogen-bond donors (Lipinski definition) is 0. The molecule has 1 aromatic heterocycles. The summed E-state index contributed by atoms with van der Waals surface area (Å²) in [5.41, 5.74) is 0.583. The van der Waals surface area contributed by atoms with Gasteiger partial charge < -0.3 is 9.64 Å². The van der Waals surface area contributed by atoms with Crippen LogP contribution in [0.25, 0.3) is 10.8 Å². The quantitative estimate of drug-likeness (QED) is 0.799. The van der Waals surface area contributed by atoms with Crippen LogP contribution in [0.4, 0.5) is 0 Å². The molecule has 5 heteroatoms. The van der Waals surface area contributed by atoms with Crippen LogP contribution >= 0.6 is 11.6 Å². The molecule has 1 atom stereocenters. The van der Waals surface area contributed by atoms with E-state index < -0.39 is 0 Å². The number of carbonyl (C=O) groups excluding carboxylic acids is 1. The molecule has 1 saturated heterocycles.